The lowest BCUT2D eigenvalue weighted by Crippen LogP contribution is -2.00. The first-order valence-corrected chi connectivity index (χ1v) is 9.31. The van der Waals surface area contributed by atoms with Crippen molar-refractivity contribution in [3.63, 3.8) is 0 Å². The van der Waals surface area contributed by atoms with Crippen molar-refractivity contribution in [2.45, 2.75) is 13.2 Å². The summed E-state index contributed by atoms with van der Waals surface area (Å²) in [6, 6.07) is 21.7. The average Bonchev–Trinajstić information content (AvgIpc) is 2.63. The second kappa shape index (κ2) is 8.61. The number of nitrogens with one attached hydrogen (secondary N) is 1. The lowest BCUT2D eigenvalue weighted by atomic mass is 10.2. The molecule has 0 fully saturated rings. The van der Waals surface area contributed by atoms with Crippen LogP contribution in [0.5, 0.6) is 5.75 Å². The Morgan fingerprint density at radius 3 is 2.36 bits per heavy atom. The highest BCUT2D eigenvalue weighted by Crippen LogP contribution is 2.28. The van der Waals surface area contributed by atoms with Gasteiger partial charge in [0.05, 0.1) is 14.5 Å². The maximum atomic E-state index is 6.03. The van der Waals surface area contributed by atoms with Crippen LogP contribution in [0.1, 0.15) is 11.1 Å². The summed E-state index contributed by atoms with van der Waals surface area (Å²) < 4.78 is 6.80. The lowest BCUT2D eigenvalue weighted by Gasteiger charge is -2.11. The fraction of sp³-hybridized carbons (Fsp3) is 0.100. The van der Waals surface area contributed by atoms with E-state index in [2.05, 4.69) is 21.2 Å². The van der Waals surface area contributed by atoms with Crippen LogP contribution in [0.2, 0.25) is 10.0 Å². The molecular formula is C20H16BrCl2NO. The number of halogens is 3. The predicted molar refractivity (Wildman–Crippen MR) is 109 cm³/mol. The quantitative estimate of drug-likeness (QED) is 0.451. The number of hydrogen-bond acceptors (Lipinski definition) is 2. The normalized spacial score (nSPS) is 10.5. The molecule has 0 bridgehead atoms. The minimum atomic E-state index is 0.539. The largest absolute Gasteiger partial charge is 0.488 e. The molecule has 0 saturated carbocycles. The first-order chi connectivity index (χ1) is 12.1. The van der Waals surface area contributed by atoms with Crippen molar-refractivity contribution in [3.05, 3.63) is 92.4 Å². The molecule has 0 aromatic heterocycles. The molecule has 1 N–H and O–H groups in total. The summed E-state index contributed by atoms with van der Waals surface area (Å²) in [5.41, 5.74) is 3.19. The van der Waals surface area contributed by atoms with Crippen molar-refractivity contribution in [1.82, 2.24) is 0 Å². The van der Waals surface area contributed by atoms with E-state index in [0.717, 1.165) is 27.0 Å². The Hall–Kier alpha value is -1.68. The van der Waals surface area contributed by atoms with Crippen molar-refractivity contribution >= 4 is 44.8 Å². The molecule has 0 unspecified atom stereocenters. The first kappa shape index (κ1) is 18.1. The fourth-order valence-electron chi connectivity index (χ4n) is 2.32. The van der Waals surface area contributed by atoms with Gasteiger partial charge in [0.25, 0.3) is 0 Å². The molecule has 0 aliphatic heterocycles. The van der Waals surface area contributed by atoms with E-state index >= 15 is 0 Å². The van der Waals surface area contributed by atoms with E-state index in [1.54, 1.807) is 6.07 Å². The summed E-state index contributed by atoms with van der Waals surface area (Å²) >= 11 is 15.5. The average molecular weight is 437 g/mol. The van der Waals surface area contributed by atoms with Crippen molar-refractivity contribution in [2.24, 2.45) is 0 Å². The van der Waals surface area contributed by atoms with Gasteiger partial charge in [-0.05, 0) is 57.4 Å². The van der Waals surface area contributed by atoms with E-state index in [0.29, 0.717) is 23.2 Å². The number of benzene rings is 3. The van der Waals surface area contributed by atoms with Gasteiger partial charge in [0.2, 0.25) is 0 Å². The Morgan fingerprint density at radius 1 is 0.840 bits per heavy atom. The molecule has 0 spiro atoms. The molecule has 0 heterocycles. The Balaban J connectivity index is 1.60. The monoisotopic (exact) mass is 435 g/mol. The maximum Gasteiger partial charge on any atom is 0.134 e. The van der Waals surface area contributed by atoms with Gasteiger partial charge in [-0.15, -0.1) is 0 Å². The van der Waals surface area contributed by atoms with Gasteiger partial charge >= 0.3 is 0 Å². The Bertz CT molecular complexity index is 856. The van der Waals surface area contributed by atoms with Crippen LogP contribution in [-0.4, -0.2) is 0 Å². The van der Waals surface area contributed by atoms with Gasteiger partial charge in [-0.1, -0.05) is 59.6 Å². The Labute approximate surface area is 165 Å². The summed E-state index contributed by atoms with van der Waals surface area (Å²) in [6.07, 6.45) is 0. The first-order valence-electron chi connectivity index (χ1n) is 7.76. The third-order valence-electron chi connectivity index (χ3n) is 3.65. The van der Waals surface area contributed by atoms with Crippen LogP contribution in [0, 0.1) is 0 Å². The third kappa shape index (κ3) is 5.15. The van der Waals surface area contributed by atoms with Gasteiger partial charge in [-0.2, -0.15) is 0 Å². The third-order valence-corrected chi connectivity index (χ3v) is 5.01. The van der Waals surface area contributed by atoms with E-state index in [4.69, 9.17) is 27.9 Å². The zero-order chi connectivity index (χ0) is 17.6. The number of rotatable bonds is 6. The highest BCUT2D eigenvalue weighted by Gasteiger charge is 2.04. The summed E-state index contributed by atoms with van der Waals surface area (Å²) in [4.78, 5) is 0. The minimum absolute atomic E-state index is 0.539. The van der Waals surface area contributed by atoms with E-state index in [1.807, 2.05) is 60.7 Å². The minimum Gasteiger partial charge on any atom is -0.488 e. The van der Waals surface area contributed by atoms with Gasteiger partial charge < -0.3 is 10.1 Å². The Morgan fingerprint density at radius 2 is 1.64 bits per heavy atom. The standard InChI is InChI=1S/C20H16BrCl2NO/c21-17-10-15(12-24-16-7-8-18(22)19(23)11-16)6-9-20(17)25-13-14-4-2-1-3-5-14/h1-11,24H,12-13H2. The molecule has 0 saturated heterocycles. The molecule has 2 nitrogen and oxygen atoms in total. The van der Waals surface area contributed by atoms with Crippen molar-refractivity contribution in [3.8, 4) is 5.75 Å². The molecule has 5 heteroatoms. The van der Waals surface area contributed by atoms with Gasteiger partial charge in [0.15, 0.2) is 0 Å². The molecule has 3 aromatic rings. The maximum absolute atomic E-state index is 6.03. The van der Waals surface area contributed by atoms with Gasteiger partial charge in [0.1, 0.15) is 12.4 Å². The number of anilines is 1. The van der Waals surface area contributed by atoms with Gasteiger partial charge in [0, 0.05) is 12.2 Å². The van der Waals surface area contributed by atoms with Crippen molar-refractivity contribution < 1.29 is 4.74 Å². The smallest absolute Gasteiger partial charge is 0.134 e. The van der Waals surface area contributed by atoms with Crippen LogP contribution in [-0.2, 0) is 13.2 Å². The molecule has 0 amide bonds. The van der Waals surface area contributed by atoms with E-state index in [9.17, 15) is 0 Å². The van der Waals surface area contributed by atoms with Crippen LogP contribution in [0.3, 0.4) is 0 Å². The van der Waals surface area contributed by atoms with E-state index in [1.165, 1.54) is 0 Å². The second-order valence-electron chi connectivity index (χ2n) is 5.52. The molecular weight excluding hydrogens is 421 g/mol. The van der Waals surface area contributed by atoms with Crippen LogP contribution < -0.4 is 10.1 Å². The topological polar surface area (TPSA) is 21.3 Å². The van der Waals surface area contributed by atoms with Crippen molar-refractivity contribution in [2.75, 3.05) is 5.32 Å². The molecule has 0 aliphatic carbocycles. The van der Waals surface area contributed by atoms with E-state index in [-0.39, 0.29) is 0 Å². The lowest BCUT2D eigenvalue weighted by molar-refractivity contribution is 0.304. The van der Waals surface area contributed by atoms with Gasteiger partial charge in [-0.25, -0.2) is 0 Å². The van der Waals surface area contributed by atoms with Gasteiger partial charge in [-0.3, -0.25) is 0 Å². The zero-order valence-corrected chi connectivity index (χ0v) is 16.4. The predicted octanol–water partition coefficient (Wildman–Crippen LogP) is 6.95. The molecule has 3 aromatic carbocycles. The molecule has 0 aliphatic rings. The zero-order valence-electron chi connectivity index (χ0n) is 13.3. The SMILES string of the molecule is Clc1ccc(NCc2ccc(OCc3ccccc3)c(Br)c2)cc1Cl. The molecule has 0 radical (unpaired) electrons. The van der Waals surface area contributed by atoms with Crippen molar-refractivity contribution in [1.29, 1.82) is 0 Å². The highest BCUT2D eigenvalue weighted by atomic mass is 79.9. The molecule has 3 rings (SSSR count). The number of ether oxygens (including phenoxy) is 1. The molecule has 0 atom stereocenters. The van der Waals surface area contributed by atoms with Crippen LogP contribution in [0.4, 0.5) is 5.69 Å². The van der Waals surface area contributed by atoms with E-state index < -0.39 is 0 Å². The highest BCUT2D eigenvalue weighted by molar-refractivity contribution is 9.10. The summed E-state index contributed by atoms with van der Waals surface area (Å²) in [7, 11) is 0. The molecule has 128 valence electrons. The summed E-state index contributed by atoms with van der Waals surface area (Å²) in [5, 5.41) is 4.42. The second-order valence-corrected chi connectivity index (χ2v) is 7.19. The number of hydrogen-bond donors (Lipinski definition) is 1. The van der Waals surface area contributed by atoms with Crippen LogP contribution >= 0.6 is 39.1 Å². The fourth-order valence-corrected chi connectivity index (χ4v) is 3.16. The van der Waals surface area contributed by atoms with Crippen LogP contribution in [0.25, 0.3) is 0 Å². The Kier molecular flexibility index (Phi) is 6.24. The summed E-state index contributed by atoms with van der Waals surface area (Å²) in [5.74, 6) is 0.821. The summed E-state index contributed by atoms with van der Waals surface area (Å²) in [6.45, 7) is 1.22. The molecule has 25 heavy (non-hydrogen) atoms. The van der Waals surface area contributed by atoms with Crippen LogP contribution in [0.15, 0.2) is 71.2 Å².